The molecule has 2 amide bonds. The minimum absolute atomic E-state index is 0.0771. The van der Waals surface area contributed by atoms with Crippen molar-refractivity contribution in [1.82, 2.24) is 20.1 Å². The quantitative estimate of drug-likeness (QED) is 0.534. The molecule has 8 heteroatoms. The summed E-state index contributed by atoms with van der Waals surface area (Å²) in [6, 6.07) is 13.4. The van der Waals surface area contributed by atoms with Crippen molar-refractivity contribution < 1.29 is 9.59 Å². The molecule has 2 N–H and O–H groups in total. The number of carbonyl (C=O) groups excluding carboxylic acids is 2. The van der Waals surface area contributed by atoms with Gasteiger partial charge < -0.3 is 15.2 Å². The number of nitrogens with zero attached hydrogens (tertiary/aromatic N) is 3. The third kappa shape index (κ3) is 5.37. The molecular formula is C24H27N5O2S. The van der Waals surface area contributed by atoms with Crippen molar-refractivity contribution in [2.45, 2.75) is 43.8 Å². The number of thioether (sulfide) groups is 1. The molecule has 4 rings (SSSR count). The Bertz CT molecular complexity index is 1110. The summed E-state index contributed by atoms with van der Waals surface area (Å²) in [6.45, 7) is 2.01. The lowest BCUT2D eigenvalue weighted by Gasteiger charge is -2.20. The summed E-state index contributed by atoms with van der Waals surface area (Å²) in [5.41, 5.74) is 5.18. The molecule has 1 aliphatic carbocycles. The van der Waals surface area contributed by atoms with Crippen LogP contribution in [0.1, 0.15) is 52.9 Å². The van der Waals surface area contributed by atoms with Gasteiger partial charge in [0.1, 0.15) is 6.33 Å². The van der Waals surface area contributed by atoms with Gasteiger partial charge in [-0.05, 0) is 73.6 Å². The van der Waals surface area contributed by atoms with E-state index in [0.717, 1.165) is 18.4 Å². The highest BCUT2D eigenvalue weighted by atomic mass is 32.2. The standard InChI is InChI=1S/C24H27N5O2S/c1-16(19-8-7-17-5-3-4-6-20(17)13-19)26-23(31)18-9-11-21(12-10-18)27-22(30)14-32-24-28-25-15-29(24)2/h7-13,15-16H,3-6,14H2,1-2H3,(H,26,31)(H,27,30)/t16-/m1/s1. The van der Waals surface area contributed by atoms with Crippen LogP contribution in [0.5, 0.6) is 0 Å². The van der Waals surface area contributed by atoms with E-state index in [-0.39, 0.29) is 23.6 Å². The van der Waals surface area contributed by atoms with E-state index in [4.69, 9.17) is 0 Å². The first kappa shape index (κ1) is 22.1. The fourth-order valence-electron chi connectivity index (χ4n) is 3.82. The number of hydrogen-bond acceptors (Lipinski definition) is 5. The van der Waals surface area contributed by atoms with Crippen LogP contribution >= 0.6 is 11.8 Å². The van der Waals surface area contributed by atoms with Crippen molar-refractivity contribution >= 4 is 29.3 Å². The molecule has 0 aliphatic heterocycles. The predicted octanol–water partition coefficient (Wildman–Crippen LogP) is 3.92. The van der Waals surface area contributed by atoms with Crippen LogP contribution in [-0.4, -0.2) is 32.3 Å². The lowest BCUT2D eigenvalue weighted by molar-refractivity contribution is -0.113. The lowest BCUT2D eigenvalue weighted by Crippen LogP contribution is -2.26. The number of hydrogen-bond donors (Lipinski definition) is 2. The van der Waals surface area contributed by atoms with Gasteiger partial charge in [-0.25, -0.2) is 0 Å². The van der Waals surface area contributed by atoms with E-state index in [9.17, 15) is 9.59 Å². The van der Waals surface area contributed by atoms with Gasteiger partial charge in [0.05, 0.1) is 11.8 Å². The number of rotatable bonds is 7. The maximum atomic E-state index is 12.7. The fourth-order valence-corrected chi connectivity index (χ4v) is 4.51. The van der Waals surface area contributed by atoms with E-state index >= 15 is 0 Å². The molecular weight excluding hydrogens is 422 g/mol. The highest BCUT2D eigenvalue weighted by Gasteiger charge is 2.15. The summed E-state index contributed by atoms with van der Waals surface area (Å²) in [7, 11) is 1.83. The van der Waals surface area contributed by atoms with Crippen molar-refractivity contribution in [1.29, 1.82) is 0 Å². The van der Waals surface area contributed by atoms with Gasteiger partial charge in [-0.3, -0.25) is 9.59 Å². The smallest absolute Gasteiger partial charge is 0.251 e. The van der Waals surface area contributed by atoms with Crippen LogP contribution < -0.4 is 10.6 Å². The second kappa shape index (κ2) is 9.99. The monoisotopic (exact) mass is 449 g/mol. The van der Waals surface area contributed by atoms with Crippen LogP contribution in [0.15, 0.2) is 53.9 Å². The van der Waals surface area contributed by atoms with E-state index in [2.05, 4.69) is 39.0 Å². The molecule has 0 fully saturated rings. The molecule has 0 saturated heterocycles. The average molecular weight is 450 g/mol. The Morgan fingerprint density at radius 2 is 1.84 bits per heavy atom. The number of aromatic nitrogens is 3. The molecule has 1 atom stereocenters. The zero-order valence-corrected chi connectivity index (χ0v) is 19.1. The van der Waals surface area contributed by atoms with Crippen LogP contribution in [-0.2, 0) is 24.7 Å². The normalized spacial score (nSPS) is 13.8. The molecule has 3 aromatic rings. The van der Waals surface area contributed by atoms with E-state index in [0.29, 0.717) is 16.4 Å². The average Bonchev–Trinajstić information content (AvgIpc) is 3.22. The van der Waals surface area contributed by atoms with Crippen molar-refractivity contribution in [2.24, 2.45) is 7.05 Å². The molecule has 1 heterocycles. The van der Waals surface area contributed by atoms with Gasteiger partial charge in [0, 0.05) is 18.3 Å². The van der Waals surface area contributed by atoms with Gasteiger partial charge in [-0.15, -0.1) is 10.2 Å². The number of fused-ring (bicyclic) bond motifs is 1. The molecule has 0 bridgehead atoms. The minimum Gasteiger partial charge on any atom is -0.346 e. The number of benzene rings is 2. The topological polar surface area (TPSA) is 88.9 Å². The summed E-state index contributed by atoms with van der Waals surface area (Å²) < 4.78 is 1.76. The maximum Gasteiger partial charge on any atom is 0.251 e. The van der Waals surface area contributed by atoms with Gasteiger partial charge in [-0.2, -0.15) is 0 Å². The first-order chi connectivity index (χ1) is 15.5. The van der Waals surface area contributed by atoms with Gasteiger partial charge in [0.2, 0.25) is 5.91 Å². The highest BCUT2D eigenvalue weighted by molar-refractivity contribution is 7.99. The third-order valence-corrected chi connectivity index (χ3v) is 6.69. The Kier molecular flexibility index (Phi) is 6.90. The Morgan fingerprint density at radius 3 is 2.56 bits per heavy atom. The van der Waals surface area contributed by atoms with E-state index < -0.39 is 0 Å². The van der Waals surface area contributed by atoms with Crippen LogP contribution in [0, 0.1) is 0 Å². The molecule has 1 aliphatic rings. The first-order valence-corrected chi connectivity index (χ1v) is 11.8. The van der Waals surface area contributed by atoms with Gasteiger partial charge in [0.15, 0.2) is 5.16 Å². The van der Waals surface area contributed by atoms with Crippen LogP contribution in [0.4, 0.5) is 5.69 Å². The van der Waals surface area contributed by atoms with Gasteiger partial charge in [0.25, 0.3) is 5.91 Å². The Labute approximate surface area is 192 Å². The van der Waals surface area contributed by atoms with Crippen molar-refractivity contribution in [3.63, 3.8) is 0 Å². The Hall–Kier alpha value is -3.13. The summed E-state index contributed by atoms with van der Waals surface area (Å²) in [6.07, 6.45) is 6.36. The summed E-state index contributed by atoms with van der Waals surface area (Å²) in [5.74, 6) is -0.0465. The van der Waals surface area contributed by atoms with Crippen molar-refractivity contribution in [3.05, 3.63) is 71.0 Å². The van der Waals surface area contributed by atoms with Gasteiger partial charge in [-0.1, -0.05) is 30.0 Å². The zero-order valence-electron chi connectivity index (χ0n) is 18.3. The largest absolute Gasteiger partial charge is 0.346 e. The molecule has 2 aromatic carbocycles. The lowest BCUT2D eigenvalue weighted by atomic mass is 9.89. The second-order valence-corrected chi connectivity index (χ2v) is 9.01. The number of amides is 2. The summed E-state index contributed by atoms with van der Waals surface area (Å²) in [4.78, 5) is 24.9. The van der Waals surface area contributed by atoms with Crippen LogP contribution in [0.25, 0.3) is 0 Å². The van der Waals surface area contributed by atoms with Crippen molar-refractivity contribution in [3.8, 4) is 0 Å². The maximum absolute atomic E-state index is 12.7. The number of anilines is 1. The zero-order chi connectivity index (χ0) is 22.5. The van der Waals surface area contributed by atoms with E-state index in [1.165, 1.54) is 35.7 Å². The summed E-state index contributed by atoms with van der Waals surface area (Å²) >= 11 is 1.32. The first-order valence-electron chi connectivity index (χ1n) is 10.8. The number of aryl methyl sites for hydroxylation is 3. The van der Waals surface area contributed by atoms with Crippen LogP contribution in [0.2, 0.25) is 0 Å². The molecule has 0 spiro atoms. The molecule has 0 radical (unpaired) electrons. The predicted molar refractivity (Wildman–Crippen MR) is 126 cm³/mol. The molecule has 1 aromatic heterocycles. The third-order valence-electron chi connectivity index (χ3n) is 5.65. The molecule has 0 saturated carbocycles. The second-order valence-electron chi connectivity index (χ2n) is 8.07. The minimum atomic E-state index is -0.142. The summed E-state index contributed by atoms with van der Waals surface area (Å²) in [5, 5.41) is 14.3. The van der Waals surface area contributed by atoms with E-state index in [1.54, 1.807) is 35.2 Å². The molecule has 0 unspecified atom stereocenters. The molecule has 166 valence electrons. The van der Waals surface area contributed by atoms with E-state index in [1.807, 2.05) is 14.0 Å². The highest BCUT2D eigenvalue weighted by Crippen LogP contribution is 2.25. The molecule has 32 heavy (non-hydrogen) atoms. The molecule has 7 nitrogen and oxygen atoms in total. The Morgan fingerprint density at radius 1 is 1.09 bits per heavy atom. The van der Waals surface area contributed by atoms with Crippen LogP contribution in [0.3, 0.4) is 0 Å². The fraction of sp³-hybridized carbons (Fsp3) is 0.333. The number of nitrogens with one attached hydrogen (secondary N) is 2. The van der Waals surface area contributed by atoms with Crippen molar-refractivity contribution in [2.75, 3.05) is 11.1 Å². The van der Waals surface area contributed by atoms with Gasteiger partial charge >= 0.3 is 0 Å². The Balaban J connectivity index is 1.30. The number of carbonyl (C=O) groups is 2. The SMILES string of the molecule is C[C@@H](NC(=O)c1ccc(NC(=O)CSc2nncn2C)cc1)c1ccc2c(c1)CCCC2.